The summed E-state index contributed by atoms with van der Waals surface area (Å²) in [7, 11) is 0. The highest BCUT2D eigenvalue weighted by Crippen LogP contribution is 2.40. The molecule has 0 saturated carbocycles. The molecule has 0 bridgehead atoms. The molecule has 2 aliphatic heterocycles. The van der Waals surface area contributed by atoms with E-state index in [9.17, 15) is 18.4 Å². The zero-order valence-corrected chi connectivity index (χ0v) is 18.4. The van der Waals surface area contributed by atoms with Crippen LogP contribution < -0.4 is 10.6 Å². The Labute approximate surface area is 173 Å². The number of alkyl halides is 2. The number of carbonyl (C=O) groups excluding carboxylic acids is 2. The summed E-state index contributed by atoms with van der Waals surface area (Å²) in [5.74, 6) is -3.60. The minimum absolute atomic E-state index is 0.184. The first-order valence-corrected chi connectivity index (χ1v) is 10.9. The Bertz CT molecular complexity index is 582. The van der Waals surface area contributed by atoms with Gasteiger partial charge in [0.1, 0.15) is 12.3 Å². The number of epoxide rings is 1. The van der Waals surface area contributed by atoms with Gasteiger partial charge < -0.3 is 15.0 Å². The van der Waals surface area contributed by atoms with Gasteiger partial charge in [0.2, 0.25) is 11.8 Å². The van der Waals surface area contributed by atoms with Crippen LogP contribution >= 0.6 is 0 Å². The van der Waals surface area contributed by atoms with E-state index < -0.39 is 42.4 Å². The molecule has 2 rings (SSSR count). The number of nitrogens with zero attached hydrogens (tertiary/aromatic N) is 1. The Morgan fingerprint density at radius 1 is 1.24 bits per heavy atom. The lowest BCUT2D eigenvalue weighted by atomic mass is 9.80. The van der Waals surface area contributed by atoms with Crippen molar-refractivity contribution < 1.29 is 23.1 Å². The summed E-state index contributed by atoms with van der Waals surface area (Å²) in [6, 6.07) is -0.459. The number of nitrogens with one attached hydrogen (secondary N) is 2. The van der Waals surface area contributed by atoms with E-state index in [4.69, 9.17) is 4.74 Å². The van der Waals surface area contributed by atoms with Crippen molar-refractivity contribution in [2.75, 3.05) is 13.1 Å². The minimum Gasteiger partial charge on any atom is -0.351 e. The summed E-state index contributed by atoms with van der Waals surface area (Å²) >= 11 is 0. The van der Waals surface area contributed by atoms with E-state index in [2.05, 4.69) is 10.6 Å². The van der Waals surface area contributed by atoms with Gasteiger partial charge >= 0.3 is 0 Å². The number of amides is 2. The van der Waals surface area contributed by atoms with Crippen molar-refractivity contribution in [3.8, 4) is 0 Å². The number of likely N-dealkylation sites (tertiary alicyclic amines) is 1. The Morgan fingerprint density at radius 3 is 2.41 bits per heavy atom. The fourth-order valence-corrected chi connectivity index (χ4v) is 4.29. The predicted octanol–water partition coefficient (Wildman–Crippen LogP) is 3.06. The molecule has 2 saturated heterocycles. The Balaban J connectivity index is 1.96. The van der Waals surface area contributed by atoms with E-state index in [1.807, 2.05) is 34.6 Å². The Kier molecular flexibility index (Phi) is 8.01. The minimum atomic E-state index is -2.93. The molecule has 2 amide bonds. The molecule has 6 nitrogen and oxygen atoms in total. The van der Waals surface area contributed by atoms with Crippen molar-refractivity contribution in [3.63, 3.8) is 0 Å². The van der Waals surface area contributed by atoms with E-state index in [-0.39, 0.29) is 24.7 Å². The molecule has 0 aromatic carbocycles. The van der Waals surface area contributed by atoms with Crippen LogP contribution in [0, 0.1) is 5.41 Å². The van der Waals surface area contributed by atoms with Crippen LogP contribution in [-0.4, -0.2) is 60.1 Å². The first kappa shape index (κ1) is 24.0. The normalized spacial score (nSPS) is 27.0. The predicted molar refractivity (Wildman–Crippen MR) is 108 cm³/mol. The van der Waals surface area contributed by atoms with E-state index in [1.54, 1.807) is 0 Å². The van der Waals surface area contributed by atoms with Gasteiger partial charge in [-0.15, -0.1) is 0 Å². The van der Waals surface area contributed by atoms with Gasteiger partial charge in [-0.05, 0) is 26.2 Å². The highest BCUT2D eigenvalue weighted by atomic mass is 19.3. The van der Waals surface area contributed by atoms with Gasteiger partial charge in [-0.3, -0.25) is 14.9 Å². The number of halogens is 2. The second-order valence-corrected chi connectivity index (χ2v) is 8.89. The van der Waals surface area contributed by atoms with Crippen LogP contribution in [0.4, 0.5) is 8.78 Å². The van der Waals surface area contributed by atoms with Gasteiger partial charge in [0.15, 0.2) is 0 Å². The molecule has 4 atom stereocenters. The molecule has 2 heterocycles. The number of ether oxygens (including phenoxy) is 1. The van der Waals surface area contributed by atoms with Gasteiger partial charge in [0, 0.05) is 17.9 Å². The average molecular weight is 418 g/mol. The smallest absolute Gasteiger partial charge is 0.267 e. The van der Waals surface area contributed by atoms with Crippen molar-refractivity contribution in [2.45, 2.75) is 103 Å². The molecular weight excluding hydrogens is 380 g/mol. The Morgan fingerprint density at radius 2 is 1.86 bits per heavy atom. The molecule has 168 valence electrons. The number of hydrogen-bond donors (Lipinski definition) is 2. The third-order valence-corrected chi connectivity index (χ3v) is 6.15. The van der Waals surface area contributed by atoms with E-state index in [1.165, 1.54) is 4.90 Å². The fourth-order valence-electron chi connectivity index (χ4n) is 4.29. The number of hydrogen-bond acceptors (Lipinski definition) is 4. The number of carbonyl (C=O) groups is 2. The summed E-state index contributed by atoms with van der Waals surface area (Å²) in [6.45, 7) is 9.08. The maximum atomic E-state index is 14.1. The lowest BCUT2D eigenvalue weighted by molar-refractivity contribution is -0.137. The van der Waals surface area contributed by atoms with Crippen LogP contribution in [0.25, 0.3) is 0 Å². The average Bonchev–Trinajstić information content (AvgIpc) is 3.33. The van der Waals surface area contributed by atoms with Gasteiger partial charge in [0.25, 0.3) is 5.92 Å². The largest absolute Gasteiger partial charge is 0.351 e. The van der Waals surface area contributed by atoms with Gasteiger partial charge in [-0.2, -0.15) is 0 Å². The van der Waals surface area contributed by atoms with Gasteiger partial charge in [0.05, 0.1) is 19.1 Å². The first-order valence-electron chi connectivity index (χ1n) is 10.9. The van der Waals surface area contributed by atoms with Gasteiger partial charge in [-0.25, -0.2) is 8.78 Å². The zero-order valence-electron chi connectivity index (χ0n) is 18.4. The van der Waals surface area contributed by atoms with Crippen LogP contribution in [0.2, 0.25) is 0 Å². The van der Waals surface area contributed by atoms with Crippen LogP contribution in [0.1, 0.15) is 73.1 Å². The number of rotatable bonds is 11. The highest BCUT2D eigenvalue weighted by molar-refractivity contribution is 5.88. The molecule has 0 spiro atoms. The first-order chi connectivity index (χ1) is 13.6. The molecule has 0 aromatic rings. The summed E-state index contributed by atoms with van der Waals surface area (Å²) in [4.78, 5) is 26.6. The summed E-state index contributed by atoms with van der Waals surface area (Å²) in [5, 5.41) is 5.94. The second kappa shape index (κ2) is 9.69. The van der Waals surface area contributed by atoms with Crippen molar-refractivity contribution in [1.29, 1.82) is 0 Å². The molecule has 4 unspecified atom stereocenters. The third-order valence-electron chi connectivity index (χ3n) is 6.15. The van der Waals surface area contributed by atoms with E-state index in [0.717, 1.165) is 32.1 Å². The molecule has 8 heteroatoms. The summed E-state index contributed by atoms with van der Waals surface area (Å²) in [6.07, 6.45) is 2.95. The molecular formula is C21H37F2N3O3. The van der Waals surface area contributed by atoms with E-state index in [0.29, 0.717) is 0 Å². The van der Waals surface area contributed by atoms with Crippen molar-refractivity contribution in [1.82, 2.24) is 15.5 Å². The van der Waals surface area contributed by atoms with Crippen LogP contribution in [-0.2, 0) is 14.3 Å². The van der Waals surface area contributed by atoms with Gasteiger partial charge in [-0.1, -0.05) is 40.5 Å². The molecule has 0 aromatic heterocycles. The quantitative estimate of drug-likeness (QED) is 0.507. The molecule has 0 aliphatic carbocycles. The molecule has 0 radical (unpaired) electrons. The lowest BCUT2D eigenvalue weighted by Crippen LogP contribution is -2.48. The zero-order chi connectivity index (χ0) is 21.8. The van der Waals surface area contributed by atoms with Crippen molar-refractivity contribution in [2.24, 2.45) is 5.41 Å². The van der Waals surface area contributed by atoms with Crippen LogP contribution in [0.3, 0.4) is 0 Å². The second-order valence-electron chi connectivity index (χ2n) is 8.89. The van der Waals surface area contributed by atoms with E-state index >= 15 is 0 Å². The highest BCUT2D eigenvalue weighted by Gasteiger charge is 2.57. The molecule has 2 aliphatic rings. The maximum Gasteiger partial charge on any atom is 0.267 e. The standard InChI is InChI=1S/C21H37F2N3O3/c1-6-9-20(5,10-7-2)19(28)24-12-16(27)26-13-21(22,23)11-15(26)17-18(29-17)25-14(4)8-3/h14-15,17-18,25H,6-13H2,1-5H3,(H,24,28). The third kappa shape index (κ3) is 6.10. The molecule has 2 N–H and O–H groups in total. The van der Waals surface area contributed by atoms with Crippen LogP contribution in [0.15, 0.2) is 0 Å². The monoisotopic (exact) mass is 417 g/mol. The summed E-state index contributed by atoms with van der Waals surface area (Å²) < 4.78 is 33.7. The van der Waals surface area contributed by atoms with Crippen molar-refractivity contribution in [3.05, 3.63) is 0 Å². The van der Waals surface area contributed by atoms with Crippen LogP contribution in [0.5, 0.6) is 0 Å². The molecule has 29 heavy (non-hydrogen) atoms. The fraction of sp³-hybridized carbons (Fsp3) is 0.905. The SMILES string of the molecule is CCCC(C)(CCC)C(=O)NCC(=O)N1CC(F)(F)CC1C1OC1NC(C)CC. The van der Waals surface area contributed by atoms with Crippen molar-refractivity contribution >= 4 is 11.8 Å². The topological polar surface area (TPSA) is 74.0 Å². The molecule has 2 fully saturated rings. The lowest BCUT2D eigenvalue weighted by Gasteiger charge is -2.28. The Hall–Kier alpha value is -1.28. The summed E-state index contributed by atoms with van der Waals surface area (Å²) in [5.41, 5.74) is -0.539. The maximum absolute atomic E-state index is 14.1.